The molecular formula is C31H35N3O7. The van der Waals surface area contributed by atoms with E-state index in [0.29, 0.717) is 11.1 Å². The van der Waals surface area contributed by atoms with Crippen LogP contribution in [0.25, 0.3) is 16.9 Å². The number of ketones is 2. The van der Waals surface area contributed by atoms with E-state index in [-0.39, 0.29) is 29.7 Å². The number of likely N-dealkylation sites (N-methyl/N-ethyl adjacent to an activating group) is 1. The number of carbonyl (C=O) groups is 3. The van der Waals surface area contributed by atoms with Crippen LogP contribution < -0.4 is 10.6 Å². The number of anilines is 1. The van der Waals surface area contributed by atoms with Crippen molar-refractivity contribution in [2.45, 2.75) is 38.3 Å². The number of hydrogen-bond acceptors (Lipinski definition) is 9. The van der Waals surface area contributed by atoms with Crippen molar-refractivity contribution < 1.29 is 34.8 Å². The molecule has 216 valence electrons. The van der Waals surface area contributed by atoms with Gasteiger partial charge in [0.1, 0.15) is 22.8 Å². The topological polar surface area (TPSA) is 165 Å². The maximum Gasteiger partial charge on any atom is 0.255 e. The van der Waals surface area contributed by atoms with E-state index in [4.69, 9.17) is 5.73 Å². The molecule has 2 aromatic rings. The van der Waals surface area contributed by atoms with Crippen LogP contribution in [0.4, 0.5) is 5.69 Å². The second kappa shape index (κ2) is 9.46. The van der Waals surface area contributed by atoms with Gasteiger partial charge in [0.2, 0.25) is 5.78 Å². The number of nitrogens with two attached hydrogens (primary N) is 1. The standard InChI is InChI=1S/C31H35N3O7/c1-13-7-14(2)9-15(8-13)17-12-20(33(3)4)18-10-16-11-19-24(34(5)6)27(37)23(30(32)40)29(39)31(19,41)28(38)21(16)26(36)22(18)25(17)35/h7-9,12,16,19,24,35-36,39,41H,10-11H2,1-6H3,(H2,32,40)/t16-,19-,24-,31-/m1/s1. The summed E-state index contributed by atoms with van der Waals surface area (Å²) in [6, 6.07) is 6.56. The largest absolute Gasteiger partial charge is 0.508 e. The Hall–Kier alpha value is -4.15. The molecule has 0 aromatic heterocycles. The Morgan fingerprint density at radius 1 is 1.00 bits per heavy atom. The molecule has 3 aliphatic carbocycles. The molecule has 10 nitrogen and oxygen atoms in total. The van der Waals surface area contributed by atoms with E-state index in [1.807, 2.05) is 57.1 Å². The number of phenolic OH excluding ortho intramolecular Hbond substituents is 1. The number of carbonyl (C=O) groups excluding carboxylic acids is 3. The van der Waals surface area contributed by atoms with Crippen LogP contribution in [0.15, 0.2) is 41.2 Å². The number of benzene rings is 2. The molecule has 0 saturated heterocycles. The lowest BCUT2D eigenvalue weighted by Crippen LogP contribution is -2.65. The van der Waals surface area contributed by atoms with E-state index < -0.39 is 58.0 Å². The van der Waals surface area contributed by atoms with Crippen molar-refractivity contribution in [1.29, 1.82) is 0 Å². The number of aliphatic hydroxyl groups is 3. The Morgan fingerprint density at radius 2 is 1.61 bits per heavy atom. The molecular weight excluding hydrogens is 526 g/mol. The van der Waals surface area contributed by atoms with Crippen LogP contribution in [-0.4, -0.2) is 82.6 Å². The summed E-state index contributed by atoms with van der Waals surface area (Å²) in [5.41, 5.74) is 6.29. The fourth-order valence-corrected chi connectivity index (χ4v) is 7.04. The molecule has 0 heterocycles. The van der Waals surface area contributed by atoms with Crippen LogP contribution in [0, 0.1) is 25.7 Å². The third kappa shape index (κ3) is 3.96. The first-order valence-corrected chi connectivity index (χ1v) is 13.4. The van der Waals surface area contributed by atoms with E-state index in [9.17, 15) is 34.8 Å². The number of nitrogens with zero attached hydrogens (tertiary/aromatic N) is 2. The van der Waals surface area contributed by atoms with E-state index >= 15 is 0 Å². The smallest absolute Gasteiger partial charge is 0.255 e. The van der Waals surface area contributed by atoms with Gasteiger partial charge in [0.15, 0.2) is 11.4 Å². The minimum absolute atomic E-state index is 0.0399. The quantitative estimate of drug-likeness (QED) is 0.352. The van der Waals surface area contributed by atoms with Gasteiger partial charge in [-0.3, -0.25) is 19.3 Å². The van der Waals surface area contributed by atoms with Crippen LogP contribution in [0.2, 0.25) is 0 Å². The van der Waals surface area contributed by atoms with Crippen LogP contribution in [0.1, 0.15) is 28.7 Å². The molecule has 0 spiro atoms. The molecule has 0 aliphatic heterocycles. The molecule has 5 rings (SSSR count). The van der Waals surface area contributed by atoms with Crippen molar-refractivity contribution in [2.75, 3.05) is 33.1 Å². The number of Topliss-reactive ketones (excluding diaryl/α,β-unsaturated/α-hetero) is 2. The number of rotatable bonds is 4. The zero-order valence-corrected chi connectivity index (χ0v) is 23.9. The summed E-state index contributed by atoms with van der Waals surface area (Å²) < 4.78 is 0. The van der Waals surface area contributed by atoms with Gasteiger partial charge in [-0.05, 0) is 63.9 Å². The number of aliphatic hydroxyl groups excluding tert-OH is 2. The highest BCUT2D eigenvalue weighted by molar-refractivity contribution is 6.24. The Bertz CT molecular complexity index is 1580. The molecule has 41 heavy (non-hydrogen) atoms. The molecule has 2 aromatic carbocycles. The lowest BCUT2D eigenvalue weighted by Gasteiger charge is -2.50. The van der Waals surface area contributed by atoms with Crippen LogP contribution in [0.3, 0.4) is 0 Å². The zero-order chi connectivity index (χ0) is 30.3. The molecule has 1 saturated carbocycles. The van der Waals surface area contributed by atoms with Gasteiger partial charge in [-0.15, -0.1) is 0 Å². The zero-order valence-electron chi connectivity index (χ0n) is 23.9. The molecule has 0 bridgehead atoms. The van der Waals surface area contributed by atoms with Gasteiger partial charge in [0.05, 0.1) is 11.6 Å². The molecule has 0 radical (unpaired) electrons. The minimum Gasteiger partial charge on any atom is -0.508 e. The molecule has 4 atom stereocenters. The Kier molecular flexibility index (Phi) is 6.55. The average Bonchev–Trinajstić information content (AvgIpc) is 2.85. The predicted molar refractivity (Wildman–Crippen MR) is 153 cm³/mol. The van der Waals surface area contributed by atoms with Crippen molar-refractivity contribution in [3.8, 4) is 16.9 Å². The van der Waals surface area contributed by atoms with Gasteiger partial charge in [0.25, 0.3) is 5.91 Å². The Morgan fingerprint density at radius 3 is 2.15 bits per heavy atom. The molecule has 3 aliphatic rings. The number of aromatic hydroxyl groups is 1. The first kappa shape index (κ1) is 28.4. The van der Waals surface area contributed by atoms with Gasteiger partial charge in [-0.2, -0.15) is 0 Å². The summed E-state index contributed by atoms with van der Waals surface area (Å²) >= 11 is 0. The van der Waals surface area contributed by atoms with Gasteiger partial charge in [0, 0.05) is 36.8 Å². The lowest BCUT2D eigenvalue weighted by molar-refractivity contribution is -0.153. The fourth-order valence-electron chi connectivity index (χ4n) is 7.04. The number of primary amides is 1. The summed E-state index contributed by atoms with van der Waals surface area (Å²) in [6.07, 6.45) is 0.265. The van der Waals surface area contributed by atoms with E-state index in [2.05, 4.69) is 0 Å². The highest BCUT2D eigenvalue weighted by Crippen LogP contribution is 2.55. The van der Waals surface area contributed by atoms with Crippen molar-refractivity contribution >= 4 is 28.9 Å². The maximum absolute atomic E-state index is 14.1. The summed E-state index contributed by atoms with van der Waals surface area (Å²) in [4.78, 5) is 42.9. The number of phenols is 1. The highest BCUT2D eigenvalue weighted by Gasteiger charge is 2.64. The summed E-state index contributed by atoms with van der Waals surface area (Å²) in [5, 5.41) is 46.1. The lowest BCUT2D eigenvalue weighted by atomic mass is 9.57. The molecule has 1 amide bonds. The van der Waals surface area contributed by atoms with Gasteiger partial charge in [-0.25, -0.2) is 0 Å². The molecule has 6 N–H and O–H groups in total. The van der Waals surface area contributed by atoms with Crippen LogP contribution >= 0.6 is 0 Å². The average molecular weight is 562 g/mol. The Balaban J connectivity index is 1.78. The monoisotopic (exact) mass is 561 g/mol. The van der Waals surface area contributed by atoms with Crippen LogP contribution in [-0.2, 0) is 20.8 Å². The van der Waals surface area contributed by atoms with Gasteiger partial charge in [-0.1, -0.05) is 29.3 Å². The molecule has 1 fully saturated rings. The normalized spacial score (nSPS) is 25.7. The minimum atomic E-state index is -2.67. The van der Waals surface area contributed by atoms with Crippen molar-refractivity contribution in [3.63, 3.8) is 0 Å². The SMILES string of the molecule is Cc1cc(C)cc(-c2cc(N(C)C)c3c(c2O)C(O)=C2C(=O)[C@@]4(O)C(O)=C(C(N)=O)C(=O)[C@H](N(C)C)[C@H]4C[C@H]2C3)c1. The van der Waals surface area contributed by atoms with Gasteiger partial charge >= 0.3 is 0 Å². The number of fused-ring (bicyclic) bond motifs is 3. The summed E-state index contributed by atoms with van der Waals surface area (Å²) in [6.45, 7) is 3.88. The van der Waals surface area contributed by atoms with Crippen LogP contribution in [0.5, 0.6) is 5.75 Å². The molecule has 0 unspecified atom stereocenters. The van der Waals surface area contributed by atoms with E-state index in [0.717, 1.165) is 22.4 Å². The van der Waals surface area contributed by atoms with Gasteiger partial charge < -0.3 is 31.1 Å². The maximum atomic E-state index is 14.1. The second-order valence-electron chi connectivity index (χ2n) is 11.9. The fraction of sp³-hybridized carbons (Fsp3) is 0.387. The first-order valence-electron chi connectivity index (χ1n) is 13.4. The second-order valence-corrected chi connectivity index (χ2v) is 11.9. The van der Waals surface area contributed by atoms with E-state index in [1.54, 1.807) is 14.1 Å². The third-order valence-electron chi connectivity index (χ3n) is 8.71. The van der Waals surface area contributed by atoms with E-state index in [1.165, 1.54) is 4.90 Å². The predicted octanol–water partition coefficient (Wildman–Crippen LogP) is 2.31. The first-order chi connectivity index (χ1) is 19.1. The number of hydrogen-bond donors (Lipinski definition) is 5. The molecule has 10 heteroatoms. The Labute approximate surface area is 238 Å². The van der Waals surface area contributed by atoms with Crippen molar-refractivity contribution in [1.82, 2.24) is 4.90 Å². The summed E-state index contributed by atoms with van der Waals surface area (Å²) in [7, 11) is 6.83. The van der Waals surface area contributed by atoms with Crippen molar-refractivity contribution in [2.24, 2.45) is 17.6 Å². The number of amides is 1. The van der Waals surface area contributed by atoms with Crippen molar-refractivity contribution in [3.05, 3.63) is 63.4 Å². The number of aryl methyl sites for hydroxylation is 2. The third-order valence-corrected chi connectivity index (χ3v) is 8.71. The highest BCUT2D eigenvalue weighted by atomic mass is 16.3. The summed E-state index contributed by atoms with van der Waals surface area (Å²) in [5.74, 6) is -6.65.